The molecule has 2 unspecified atom stereocenters. The molecule has 0 amide bonds. The lowest BCUT2D eigenvalue weighted by molar-refractivity contribution is 0.185. The Balaban J connectivity index is 1.48. The lowest BCUT2D eigenvalue weighted by Gasteiger charge is -2.31. The molecule has 31 heavy (non-hydrogen) atoms. The van der Waals surface area contributed by atoms with Gasteiger partial charge in [0.2, 0.25) is 0 Å². The van der Waals surface area contributed by atoms with Crippen LogP contribution in [-0.2, 0) is 11.2 Å². The number of rotatable bonds is 4. The van der Waals surface area contributed by atoms with E-state index in [4.69, 9.17) is 25.0 Å². The molecule has 1 fully saturated rings. The highest BCUT2D eigenvalue weighted by Crippen LogP contribution is 2.36. The molecule has 10 heteroatoms. The van der Waals surface area contributed by atoms with Crippen LogP contribution < -0.4 is 10.6 Å². The average Bonchev–Trinajstić information content (AvgIpc) is 3.56. The van der Waals surface area contributed by atoms with Crippen molar-refractivity contribution >= 4 is 17.5 Å². The minimum absolute atomic E-state index is 0.307. The summed E-state index contributed by atoms with van der Waals surface area (Å²) in [5.41, 5.74) is 9.31. The Bertz CT molecular complexity index is 1270. The highest BCUT2D eigenvalue weighted by Gasteiger charge is 2.35. The van der Waals surface area contributed by atoms with Crippen molar-refractivity contribution in [3.05, 3.63) is 66.1 Å². The summed E-state index contributed by atoms with van der Waals surface area (Å²) in [6, 6.07) is 4.17. The van der Waals surface area contributed by atoms with E-state index in [1.807, 2.05) is 30.2 Å². The molecule has 2 N–H and O–H groups in total. The Morgan fingerprint density at radius 3 is 3.00 bits per heavy atom. The van der Waals surface area contributed by atoms with Gasteiger partial charge in [-0.15, -0.1) is 5.10 Å². The van der Waals surface area contributed by atoms with E-state index in [1.54, 1.807) is 23.3 Å². The molecular formula is C21H22N8O2. The fraction of sp³-hybridized carbons (Fsp3) is 0.333. The van der Waals surface area contributed by atoms with Crippen LogP contribution in [0.15, 0.2) is 47.6 Å². The Morgan fingerprint density at radius 2 is 2.19 bits per heavy atom. The van der Waals surface area contributed by atoms with Gasteiger partial charge in [0.1, 0.15) is 23.8 Å². The van der Waals surface area contributed by atoms with Crippen molar-refractivity contribution in [2.75, 3.05) is 18.1 Å². The number of hydrogen-bond donors (Lipinski definition) is 1. The van der Waals surface area contributed by atoms with Crippen molar-refractivity contribution in [2.24, 2.45) is 11.7 Å². The first-order valence-corrected chi connectivity index (χ1v) is 10.3. The van der Waals surface area contributed by atoms with Gasteiger partial charge in [0.15, 0.2) is 11.6 Å². The molecule has 2 aliphatic rings. The van der Waals surface area contributed by atoms with Gasteiger partial charge < -0.3 is 19.3 Å². The number of oxazole rings is 1. The molecule has 6 rings (SSSR count). The second-order valence-electron chi connectivity index (χ2n) is 8.00. The smallest absolute Gasteiger partial charge is 0.302 e. The summed E-state index contributed by atoms with van der Waals surface area (Å²) in [6.07, 6.45) is 10.7. The first kappa shape index (κ1) is 18.1. The van der Waals surface area contributed by atoms with E-state index in [0.717, 1.165) is 54.6 Å². The quantitative estimate of drug-likeness (QED) is 0.536. The van der Waals surface area contributed by atoms with Gasteiger partial charge >= 0.3 is 6.01 Å². The number of aryl methyl sites for hydroxylation is 1. The lowest BCUT2D eigenvalue weighted by atomic mass is 10.0. The predicted molar refractivity (Wildman–Crippen MR) is 112 cm³/mol. The standard InChI is InChI=1S/C21H22N8O2/c1-13-9-24-18-3-2-15(10-27(13)18)19-20-25-17(8-14-4-6-30-12-14)26-29(20)16(22)11-28(19)21-23-5-7-31-21/h2-3,5,7,9-11,14,19H,4,6,8,12,22H2,1H3. The third-order valence-corrected chi connectivity index (χ3v) is 5.88. The molecular weight excluding hydrogens is 396 g/mol. The number of anilines is 1. The van der Waals surface area contributed by atoms with Crippen molar-refractivity contribution in [3.63, 3.8) is 0 Å². The highest BCUT2D eigenvalue weighted by molar-refractivity contribution is 5.57. The third kappa shape index (κ3) is 2.98. The zero-order valence-electron chi connectivity index (χ0n) is 17.0. The summed E-state index contributed by atoms with van der Waals surface area (Å²) in [5.74, 6) is 2.39. The van der Waals surface area contributed by atoms with Crippen molar-refractivity contribution in [2.45, 2.75) is 25.8 Å². The molecule has 2 atom stereocenters. The SMILES string of the molecule is Cc1cnc2ccc(C3c4nc(CC5CCOC5)nn4C(N)=CN3c3ncco3)cn12. The predicted octanol–water partition coefficient (Wildman–Crippen LogP) is 2.13. The van der Waals surface area contributed by atoms with E-state index in [2.05, 4.69) is 20.6 Å². The van der Waals surface area contributed by atoms with Crippen molar-refractivity contribution in [1.29, 1.82) is 0 Å². The molecule has 4 aromatic heterocycles. The van der Waals surface area contributed by atoms with Crippen molar-refractivity contribution in [3.8, 4) is 0 Å². The number of fused-ring (bicyclic) bond motifs is 2. The summed E-state index contributed by atoms with van der Waals surface area (Å²) in [4.78, 5) is 15.6. The van der Waals surface area contributed by atoms with Crippen LogP contribution in [0.2, 0.25) is 0 Å². The summed E-state index contributed by atoms with van der Waals surface area (Å²) in [6.45, 7) is 3.57. The van der Waals surface area contributed by atoms with E-state index in [9.17, 15) is 0 Å². The molecule has 10 nitrogen and oxygen atoms in total. The summed E-state index contributed by atoms with van der Waals surface area (Å²) >= 11 is 0. The minimum Gasteiger partial charge on any atom is -0.432 e. The van der Waals surface area contributed by atoms with Crippen LogP contribution in [0.3, 0.4) is 0 Å². The van der Waals surface area contributed by atoms with Gasteiger partial charge in [-0.1, -0.05) is 6.07 Å². The summed E-state index contributed by atoms with van der Waals surface area (Å²) in [5, 5.41) is 4.72. The second-order valence-corrected chi connectivity index (χ2v) is 8.00. The van der Waals surface area contributed by atoms with Crippen LogP contribution in [0, 0.1) is 12.8 Å². The fourth-order valence-electron chi connectivity index (χ4n) is 4.32. The maximum atomic E-state index is 6.37. The molecule has 0 aliphatic carbocycles. The molecule has 0 saturated carbocycles. The van der Waals surface area contributed by atoms with E-state index < -0.39 is 0 Å². The molecule has 4 aromatic rings. The fourth-order valence-corrected chi connectivity index (χ4v) is 4.32. The molecule has 158 valence electrons. The van der Waals surface area contributed by atoms with Gasteiger partial charge in [-0.25, -0.2) is 15.0 Å². The number of pyridine rings is 1. The van der Waals surface area contributed by atoms with E-state index in [0.29, 0.717) is 17.8 Å². The molecule has 2 aliphatic heterocycles. The Labute approximate surface area is 178 Å². The normalized spacial score (nSPS) is 20.9. The number of imidazole rings is 1. The van der Waals surface area contributed by atoms with Gasteiger partial charge in [0.25, 0.3) is 0 Å². The molecule has 0 spiro atoms. The Hall–Kier alpha value is -3.66. The van der Waals surface area contributed by atoms with E-state index in [-0.39, 0.29) is 6.04 Å². The maximum absolute atomic E-state index is 6.37. The van der Waals surface area contributed by atoms with Crippen molar-refractivity contribution in [1.82, 2.24) is 29.1 Å². The highest BCUT2D eigenvalue weighted by atomic mass is 16.5. The maximum Gasteiger partial charge on any atom is 0.302 e. The van der Waals surface area contributed by atoms with Crippen LogP contribution in [-0.4, -0.2) is 42.3 Å². The monoisotopic (exact) mass is 418 g/mol. The molecule has 0 aromatic carbocycles. The first-order chi connectivity index (χ1) is 15.2. The largest absolute Gasteiger partial charge is 0.432 e. The number of nitrogens with zero attached hydrogens (tertiary/aromatic N) is 7. The number of nitrogens with two attached hydrogens (primary N) is 1. The van der Waals surface area contributed by atoms with Crippen LogP contribution >= 0.6 is 0 Å². The van der Waals surface area contributed by atoms with Crippen LogP contribution in [0.5, 0.6) is 0 Å². The van der Waals surface area contributed by atoms with Gasteiger partial charge in [-0.05, 0) is 30.9 Å². The van der Waals surface area contributed by atoms with Gasteiger partial charge in [-0.2, -0.15) is 4.68 Å². The third-order valence-electron chi connectivity index (χ3n) is 5.88. The van der Waals surface area contributed by atoms with Crippen molar-refractivity contribution < 1.29 is 9.15 Å². The Kier molecular flexibility index (Phi) is 4.06. The topological polar surface area (TPSA) is 113 Å². The molecule has 6 heterocycles. The van der Waals surface area contributed by atoms with E-state index >= 15 is 0 Å². The molecule has 1 saturated heterocycles. The number of aromatic nitrogens is 6. The number of hydrogen-bond acceptors (Lipinski definition) is 8. The minimum atomic E-state index is -0.307. The zero-order chi connectivity index (χ0) is 20.9. The average molecular weight is 418 g/mol. The summed E-state index contributed by atoms with van der Waals surface area (Å²) < 4.78 is 14.9. The van der Waals surface area contributed by atoms with Gasteiger partial charge in [0.05, 0.1) is 12.4 Å². The van der Waals surface area contributed by atoms with Crippen LogP contribution in [0.25, 0.3) is 11.5 Å². The zero-order valence-corrected chi connectivity index (χ0v) is 17.0. The van der Waals surface area contributed by atoms with Gasteiger partial charge in [0, 0.05) is 37.7 Å². The summed E-state index contributed by atoms with van der Waals surface area (Å²) in [7, 11) is 0. The van der Waals surface area contributed by atoms with E-state index in [1.165, 1.54) is 0 Å². The molecule has 0 bridgehead atoms. The Morgan fingerprint density at radius 1 is 1.26 bits per heavy atom. The first-order valence-electron chi connectivity index (χ1n) is 10.3. The molecule has 0 radical (unpaired) electrons. The van der Waals surface area contributed by atoms with Gasteiger partial charge in [-0.3, -0.25) is 4.90 Å². The lowest BCUT2D eigenvalue weighted by Crippen LogP contribution is -2.34. The van der Waals surface area contributed by atoms with Crippen LogP contribution in [0.1, 0.15) is 35.4 Å². The number of ether oxygens (including phenoxy) is 1. The second kappa shape index (κ2) is 6.95. The van der Waals surface area contributed by atoms with Crippen LogP contribution in [0.4, 0.5) is 6.01 Å².